The van der Waals surface area contributed by atoms with Gasteiger partial charge in [-0.1, -0.05) is 5.21 Å². The average Bonchev–Trinajstić information content (AvgIpc) is 3.41. The first-order valence-corrected chi connectivity index (χ1v) is 8.52. The summed E-state index contributed by atoms with van der Waals surface area (Å²) in [4.78, 5) is 11.8. The van der Waals surface area contributed by atoms with Crippen LogP contribution in [0.3, 0.4) is 0 Å². The monoisotopic (exact) mass is 356 g/mol. The summed E-state index contributed by atoms with van der Waals surface area (Å²) in [6.45, 7) is 0.650. The second-order valence-electron chi connectivity index (χ2n) is 6.38. The third-order valence-corrected chi connectivity index (χ3v) is 4.48. The Balaban J connectivity index is 1.51. The number of aromatic nitrogens is 8. The Morgan fingerprint density at radius 1 is 1.07 bits per heavy atom. The lowest BCUT2D eigenvalue weighted by molar-refractivity contribution is 0.649. The molecular weight excluding hydrogens is 340 g/mol. The van der Waals surface area contributed by atoms with Crippen molar-refractivity contribution in [2.45, 2.75) is 6.54 Å². The van der Waals surface area contributed by atoms with Gasteiger partial charge in [0.25, 0.3) is 0 Å². The number of hydrogen-bond acceptors (Lipinski definition) is 5. The standard InChI is InChI=1S/C19H16N8/c1-26-11-15(8-23-26)14-6-16-17(9-22-19(16)21-7-14)18-12-27(25-24-18)10-13-2-4-20-5-3-13/h2-9,11-12H,10H2,1H3,(H,21,22). The number of aryl methyl sites for hydroxylation is 1. The zero-order chi connectivity index (χ0) is 18.2. The number of pyridine rings is 2. The predicted molar refractivity (Wildman–Crippen MR) is 101 cm³/mol. The van der Waals surface area contributed by atoms with Crippen molar-refractivity contribution in [1.29, 1.82) is 0 Å². The van der Waals surface area contributed by atoms with Gasteiger partial charge in [0.2, 0.25) is 0 Å². The maximum atomic E-state index is 4.53. The van der Waals surface area contributed by atoms with Gasteiger partial charge in [0.15, 0.2) is 0 Å². The topological polar surface area (TPSA) is 90.1 Å². The molecule has 0 bridgehead atoms. The summed E-state index contributed by atoms with van der Waals surface area (Å²) >= 11 is 0. The van der Waals surface area contributed by atoms with Crippen molar-refractivity contribution in [1.82, 2.24) is 39.7 Å². The van der Waals surface area contributed by atoms with Gasteiger partial charge in [-0.05, 0) is 23.8 Å². The highest BCUT2D eigenvalue weighted by Gasteiger charge is 2.13. The SMILES string of the molecule is Cn1cc(-c2cnc3[nH]cc(-c4cn(Cc5ccncc5)nn4)c3c2)cn1. The largest absolute Gasteiger partial charge is 0.345 e. The van der Waals surface area contributed by atoms with Crippen LogP contribution in [0, 0.1) is 0 Å². The van der Waals surface area contributed by atoms with Crippen molar-refractivity contribution in [2.24, 2.45) is 7.05 Å². The molecule has 0 saturated carbocycles. The minimum Gasteiger partial charge on any atom is -0.345 e. The normalized spacial score (nSPS) is 11.3. The summed E-state index contributed by atoms with van der Waals surface area (Å²) in [5, 5.41) is 13.8. The molecule has 0 aliphatic rings. The highest BCUT2D eigenvalue weighted by atomic mass is 15.4. The fourth-order valence-corrected chi connectivity index (χ4v) is 3.12. The van der Waals surface area contributed by atoms with Crippen LogP contribution in [0.25, 0.3) is 33.4 Å². The van der Waals surface area contributed by atoms with E-state index in [-0.39, 0.29) is 0 Å². The van der Waals surface area contributed by atoms with Crippen LogP contribution in [0.5, 0.6) is 0 Å². The lowest BCUT2D eigenvalue weighted by Crippen LogP contribution is -2.00. The van der Waals surface area contributed by atoms with Gasteiger partial charge in [-0.25, -0.2) is 9.67 Å². The van der Waals surface area contributed by atoms with E-state index < -0.39 is 0 Å². The van der Waals surface area contributed by atoms with E-state index in [1.165, 1.54) is 0 Å². The number of fused-ring (bicyclic) bond motifs is 1. The van der Waals surface area contributed by atoms with E-state index in [4.69, 9.17) is 0 Å². The minimum atomic E-state index is 0.650. The van der Waals surface area contributed by atoms with Crippen molar-refractivity contribution in [3.8, 4) is 22.4 Å². The maximum absolute atomic E-state index is 4.53. The van der Waals surface area contributed by atoms with Gasteiger partial charge in [-0.2, -0.15) is 5.10 Å². The summed E-state index contributed by atoms with van der Waals surface area (Å²) in [6.07, 6.45) is 13.1. The van der Waals surface area contributed by atoms with Gasteiger partial charge in [0, 0.05) is 60.1 Å². The molecule has 0 radical (unpaired) electrons. The predicted octanol–water partition coefficient (Wildman–Crippen LogP) is 2.67. The molecule has 5 rings (SSSR count). The van der Waals surface area contributed by atoms with Crippen molar-refractivity contribution in [2.75, 3.05) is 0 Å². The molecule has 27 heavy (non-hydrogen) atoms. The first-order valence-electron chi connectivity index (χ1n) is 8.52. The molecule has 8 heteroatoms. The molecule has 0 saturated heterocycles. The lowest BCUT2D eigenvalue weighted by atomic mass is 10.1. The van der Waals surface area contributed by atoms with Gasteiger partial charge in [0.05, 0.1) is 18.9 Å². The fraction of sp³-hybridized carbons (Fsp3) is 0.105. The van der Waals surface area contributed by atoms with Crippen molar-refractivity contribution in [3.63, 3.8) is 0 Å². The van der Waals surface area contributed by atoms with Gasteiger partial charge in [-0.15, -0.1) is 5.10 Å². The highest BCUT2D eigenvalue weighted by molar-refractivity contribution is 5.94. The molecule has 5 aromatic rings. The van der Waals surface area contributed by atoms with Crippen LogP contribution in [0.1, 0.15) is 5.56 Å². The molecule has 0 aliphatic heterocycles. The zero-order valence-corrected chi connectivity index (χ0v) is 14.6. The Bertz CT molecular complexity index is 1210. The number of aromatic amines is 1. The van der Waals surface area contributed by atoms with Crippen LogP contribution in [-0.4, -0.2) is 39.7 Å². The number of hydrogen-bond donors (Lipinski definition) is 1. The van der Waals surface area contributed by atoms with E-state index in [0.717, 1.165) is 39.0 Å². The van der Waals surface area contributed by atoms with Crippen molar-refractivity contribution >= 4 is 11.0 Å². The van der Waals surface area contributed by atoms with Gasteiger partial charge >= 0.3 is 0 Å². The van der Waals surface area contributed by atoms with E-state index in [2.05, 4.69) is 36.4 Å². The zero-order valence-electron chi connectivity index (χ0n) is 14.6. The summed E-state index contributed by atoms with van der Waals surface area (Å²) < 4.78 is 3.60. The Morgan fingerprint density at radius 3 is 2.78 bits per heavy atom. The first-order chi connectivity index (χ1) is 13.3. The molecule has 0 fully saturated rings. The van der Waals surface area contributed by atoms with Crippen LogP contribution in [-0.2, 0) is 13.6 Å². The molecule has 0 atom stereocenters. The van der Waals surface area contributed by atoms with Gasteiger partial charge < -0.3 is 4.98 Å². The van der Waals surface area contributed by atoms with Crippen LogP contribution in [0.4, 0.5) is 0 Å². The molecule has 0 unspecified atom stereocenters. The number of H-pyrrole nitrogens is 1. The minimum absolute atomic E-state index is 0.650. The molecule has 8 nitrogen and oxygen atoms in total. The molecule has 0 spiro atoms. The van der Waals surface area contributed by atoms with Crippen molar-refractivity contribution in [3.05, 3.63) is 67.1 Å². The van der Waals surface area contributed by atoms with Gasteiger partial charge in [0.1, 0.15) is 11.3 Å². The van der Waals surface area contributed by atoms with Crippen LogP contribution < -0.4 is 0 Å². The Hall–Kier alpha value is -3.81. The van der Waals surface area contributed by atoms with E-state index in [9.17, 15) is 0 Å². The number of rotatable bonds is 4. The summed E-state index contributed by atoms with van der Waals surface area (Å²) in [5.41, 5.74) is 5.77. The second-order valence-corrected chi connectivity index (χ2v) is 6.38. The number of nitrogens with one attached hydrogen (secondary N) is 1. The van der Waals surface area contributed by atoms with E-state index in [1.54, 1.807) is 17.1 Å². The third kappa shape index (κ3) is 2.86. The Morgan fingerprint density at radius 2 is 1.96 bits per heavy atom. The smallest absolute Gasteiger partial charge is 0.137 e. The Kier molecular flexibility index (Phi) is 3.53. The third-order valence-electron chi connectivity index (χ3n) is 4.48. The fourth-order valence-electron chi connectivity index (χ4n) is 3.12. The molecule has 1 N–H and O–H groups in total. The van der Waals surface area contributed by atoms with Crippen LogP contribution >= 0.6 is 0 Å². The van der Waals surface area contributed by atoms with Crippen molar-refractivity contribution < 1.29 is 0 Å². The average molecular weight is 356 g/mol. The molecule has 0 aliphatic carbocycles. The van der Waals surface area contributed by atoms with Crippen LogP contribution in [0.15, 0.2) is 61.6 Å². The van der Waals surface area contributed by atoms with Gasteiger partial charge in [-0.3, -0.25) is 9.67 Å². The molecule has 0 amide bonds. The molecule has 5 heterocycles. The summed E-state index contributed by atoms with van der Waals surface area (Å²) in [7, 11) is 1.90. The number of nitrogens with zero attached hydrogens (tertiary/aromatic N) is 7. The Labute approximate surface area is 154 Å². The summed E-state index contributed by atoms with van der Waals surface area (Å²) in [6, 6.07) is 6.04. The van der Waals surface area contributed by atoms with E-state index in [0.29, 0.717) is 6.54 Å². The lowest BCUT2D eigenvalue weighted by Gasteiger charge is -2.00. The van der Waals surface area contributed by atoms with Crippen LogP contribution in [0.2, 0.25) is 0 Å². The summed E-state index contributed by atoms with van der Waals surface area (Å²) in [5.74, 6) is 0. The highest BCUT2D eigenvalue weighted by Crippen LogP contribution is 2.29. The van der Waals surface area contributed by atoms with E-state index in [1.807, 2.05) is 54.8 Å². The molecular formula is C19H16N8. The van der Waals surface area contributed by atoms with E-state index >= 15 is 0 Å². The molecule has 5 aromatic heterocycles. The molecule has 132 valence electrons. The molecule has 0 aromatic carbocycles. The second kappa shape index (κ2) is 6.17. The maximum Gasteiger partial charge on any atom is 0.137 e. The first kappa shape index (κ1) is 15.4. The quantitative estimate of drug-likeness (QED) is 0.535.